The SMILES string of the molecule is CCCC(CC(O)CO)C1CCNCC1. The predicted octanol–water partition coefficient (Wildman–Crippen LogP) is 1.15. The van der Waals surface area contributed by atoms with Crippen LogP contribution in [0.1, 0.15) is 39.0 Å². The Kier molecular flexibility index (Phi) is 6.22. The van der Waals surface area contributed by atoms with E-state index >= 15 is 0 Å². The quantitative estimate of drug-likeness (QED) is 0.623. The van der Waals surface area contributed by atoms with Gasteiger partial charge in [0.05, 0.1) is 12.7 Å². The molecule has 0 aromatic heterocycles. The van der Waals surface area contributed by atoms with Gasteiger partial charge in [0.25, 0.3) is 0 Å². The number of aliphatic hydroxyl groups is 2. The zero-order chi connectivity index (χ0) is 11.1. The lowest BCUT2D eigenvalue weighted by molar-refractivity contribution is 0.0579. The molecule has 0 radical (unpaired) electrons. The third-order valence-electron chi connectivity index (χ3n) is 3.50. The minimum atomic E-state index is -0.517. The Bertz CT molecular complexity index is 158. The van der Waals surface area contributed by atoms with Crippen molar-refractivity contribution in [1.82, 2.24) is 5.32 Å². The molecule has 1 heterocycles. The van der Waals surface area contributed by atoms with Crippen molar-refractivity contribution in [3.8, 4) is 0 Å². The van der Waals surface area contributed by atoms with Crippen molar-refractivity contribution in [2.24, 2.45) is 11.8 Å². The molecule has 1 saturated heterocycles. The molecule has 0 aromatic rings. The molecule has 1 aliphatic heterocycles. The van der Waals surface area contributed by atoms with E-state index in [0.29, 0.717) is 5.92 Å². The van der Waals surface area contributed by atoms with E-state index in [9.17, 15) is 5.11 Å². The second kappa shape index (κ2) is 7.20. The molecule has 3 N–H and O–H groups in total. The lowest BCUT2D eigenvalue weighted by Gasteiger charge is -2.31. The Labute approximate surface area is 92.9 Å². The molecule has 2 atom stereocenters. The molecule has 1 fully saturated rings. The van der Waals surface area contributed by atoms with Crippen LogP contribution in [0.3, 0.4) is 0 Å². The first-order valence-electron chi connectivity index (χ1n) is 6.27. The Balaban J connectivity index is 2.39. The van der Waals surface area contributed by atoms with Crippen LogP contribution in [0, 0.1) is 11.8 Å². The van der Waals surface area contributed by atoms with Gasteiger partial charge in [0, 0.05) is 0 Å². The predicted molar refractivity (Wildman–Crippen MR) is 61.7 cm³/mol. The Morgan fingerprint density at radius 2 is 2.00 bits per heavy atom. The largest absolute Gasteiger partial charge is 0.394 e. The third-order valence-corrected chi connectivity index (χ3v) is 3.50. The van der Waals surface area contributed by atoms with Crippen molar-refractivity contribution in [3.63, 3.8) is 0 Å². The van der Waals surface area contributed by atoms with Gasteiger partial charge in [-0.15, -0.1) is 0 Å². The normalized spacial score (nSPS) is 22.6. The van der Waals surface area contributed by atoms with Crippen LogP contribution in [0.15, 0.2) is 0 Å². The van der Waals surface area contributed by atoms with E-state index in [1.165, 1.54) is 25.7 Å². The molecule has 0 aliphatic carbocycles. The number of nitrogens with one attached hydrogen (secondary N) is 1. The summed E-state index contributed by atoms with van der Waals surface area (Å²) in [5.74, 6) is 1.34. The highest BCUT2D eigenvalue weighted by molar-refractivity contribution is 4.77. The van der Waals surface area contributed by atoms with Crippen LogP contribution in [-0.4, -0.2) is 36.0 Å². The molecule has 0 amide bonds. The molecular weight excluding hydrogens is 190 g/mol. The first kappa shape index (κ1) is 12.9. The molecular formula is C12H25NO2. The van der Waals surface area contributed by atoms with Crippen LogP contribution < -0.4 is 5.32 Å². The summed E-state index contributed by atoms with van der Waals surface area (Å²) in [7, 11) is 0. The average Bonchev–Trinajstić information content (AvgIpc) is 2.29. The molecule has 1 aliphatic rings. The standard InChI is InChI=1S/C12H25NO2/c1-2-3-11(8-12(15)9-14)10-4-6-13-7-5-10/h10-15H,2-9H2,1H3. The summed E-state index contributed by atoms with van der Waals surface area (Å²) in [6, 6.07) is 0. The molecule has 15 heavy (non-hydrogen) atoms. The van der Waals surface area contributed by atoms with Crippen molar-refractivity contribution in [1.29, 1.82) is 0 Å². The second-order valence-corrected chi connectivity index (χ2v) is 4.71. The second-order valence-electron chi connectivity index (χ2n) is 4.71. The topological polar surface area (TPSA) is 52.5 Å². The number of piperidine rings is 1. The Morgan fingerprint density at radius 3 is 2.53 bits per heavy atom. The van der Waals surface area contributed by atoms with E-state index in [1.54, 1.807) is 0 Å². The van der Waals surface area contributed by atoms with E-state index in [-0.39, 0.29) is 6.61 Å². The van der Waals surface area contributed by atoms with E-state index < -0.39 is 6.10 Å². The van der Waals surface area contributed by atoms with Gasteiger partial charge in [0.2, 0.25) is 0 Å². The fourth-order valence-electron chi connectivity index (χ4n) is 2.66. The van der Waals surface area contributed by atoms with Gasteiger partial charge in [-0.2, -0.15) is 0 Å². The molecule has 90 valence electrons. The van der Waals surface area contributed by atoms with Gasteiger partial charge >= 0.3 is 0 Å². The van der Waals surface area contributed by atoms with Crippen molar-refractivity contribution >= 4 is 0 Å². The molecule has 0 saturated carbocycles. The van der Waals surface area contributed by atoms with Crippen molar-refractivity contribution in [2.45, 2.75) is 45.1 Å². The highest BCUT2D eigenvalue weighted by Gasteiger charge is 2.24. The van der Waals surface area contributed by atoms with Gasteiger partial charge in [0.1, 0.15) is 0 Å². The van der Waals surface area contributed by atoms with Gasteiger partial charge in [0.15, 0.2) is 0 Å². The minimum absolute atomic E-state index is 0.0921. The van der Waals surface area contributed by atoms with Gasteiger partial charge in [-0.3, -0.25) is 0 Å². The number of rotatable bonds is 6. The van der Waals surface area contributed by atoms with E-state index in [2.05, 4.69) is 12.2 Å². The molecule has 0 aromatic carbocycles. The minimum Gasteiger partial charge on any atom is -0.394 e. The monoisotopic (exact) mass is 215 g/mol. The van der Waals surface area contributed by atoms with Gasteiger partial charge in [-0.05, 0) is 44.2 Å². The summed E-state index contributed by atoms with van der Waals surface area (Å²) in [6.07, 6.45) is 5.06. The van der Waals surface area contributed by atoms with Crippen molar-refractivity contribution in [3.05, 3.63) is 0 Å². The van der Waals surface area contributed by atoms with Crippen LogP contribution in [0.25, 0.3) is 0 Å². The van der Waals surface area contributed by atoms with Crippen molar-refractivity contribution < 1.29 is 10.2 Å². The number of aliphatic hydroxyl groups excluding tert-OH is 2. The zero-order valence-corrected chi connectivity index (χ0v) is 9.78. The fourth-order valence-corrected chi connectivity index (χ4v) is 2.66. The summed E-state index contributed by atoms with van der Waals surface area (Å²) in [4.78, 5) is 0. The first-order valence-corrected chi connectivity index (χ1v) is 6.27. The summed E-state index contributed by atoms with van der Waals surface area (Å²) in [6.45, 7) is 4.32. The highest BCUT2D eigenvalue weighted by atomic mass is 16.3. The summed E-state index contributed by atoms with van der Waals surface area (Å²) in [5, 5.41) is 21.8. The van der Waals surface area contributed by atoms with Gasteiger partial charge in [-0.1, -0.05) is 19.8 Å². The van der Waals surface area contributed by atoms with Crippen molar-refractivity contribution in [2.75, 3.05) is 19.7 Å². The summed E-state index contributed by atoms with van der Waals surface area (Å²) < 4.78 is 0. The van der Waals surface area contributed by atoms with Gasteiger partial charge in [-0.25, -0.2) is 0 Å². The maximum absolute atomic E-state index is 9.52. The van der Waals surface area contributed by atoms with Crippen LogP contribution >= 0.6 is 0 Å². The van der Waals surface area contributed by atoms with Crippen LogP contribution in [0.2, 0.25) is 0 Å². The molecule has 0 bridgehead atoms. The average molecular weight is 215 g/mol. The number of hydrogen-bond donors (Lipinski definition) is 3. The molecule has 2 unspecified atom stereocenters. The lowest BCUT2D eigenvalue weighted by atomic mass is 9.79. The van der Waals surface area contributed by atoms with Crippen LogP contribution in [0.4, 0.5) is 0 Å². The molecule has 3 heteroatoms. The third kappa shape index (κ3) is 4.49. The highest BCUT2D eigenvalue weighted by Crippen LogP contribution is 2.29. The van der Waals surface area contributed by atoms with Gasteiger partial charge < -0.3 is 15.5 Å². The maximum atomic E-state index is 9.52. The lowest BCUT2D eigenvalue weighted by Crippen LogP contribution is -2.33. The molecule has 1 rings (SSSR count). The first-order chi connectivity index (χ1) is 7.27. The fraction of sp³-hybridized carbons (Fsp3) is 1.00. The van der Waals surface area contributed by atoms with Crippen LogP contribution in [0.5, 0.6) is 0 Å². The molecule has 3 nitrogen and oxygen atoms in total. The Hall–Kier alpha value is -0.120. The maximum Gasteiger partial charge on any atom is 0.0773 e. The Morgan fingerprint density at radius 1 is 1.33 bits per heavy atom. The summed E-state index contributed by atoms with van der Waals surface area (Å²) >= 11 is 0. The molecule has 0 spiro atoms. The van der Waals surface area contributed by atoms with E-state index in [1.807, 2.05) is 0 Å². The van der Waals surface area contributed by atoms with E-state index in [4.69, 9.17) is 5.11 Å². The number of hydrogen-bond acceptors (Lipinski definition) is 3. The smallest absolute Gasteiger partial charge is 0.0773 e. The summed E-state index contributed by atoms with van der Waals surface area (Å²) in [5.41, 5.74) is 0. The van der Waals surface area contributed by atoms with Crippen LogP contribution in [-0.2, 0) is 0 Å². The van der Waals surface area contributed by atoms with E-state index in [0.717, 1.165) is 25.4 Å². The zero-order valence-electron chi connectivity index (χ0n) is 9.78.